The van der Waals surface area contributed by atoms with Crippen molar-refractivity contribution in [2.75, 3.05) is 5.23 Å². The summed E-state index contributed by atoms with van der Waals surface area (Å²) in [5.41, 5.74) is 1.63. The van der Waals surface area contributed by atoms with Crippen molar-refractivity contribution in [3.8, 4) is 28.5 Å². The minimum Gasteiger partial charge on any atom is -0.733 e. The van der Waals surface area contributed by atoms with Crippen molar-refractivity contribution in [2.24, 2.45) is 0 Å². The molecule has 2 aromatic carbocycles. The Labute approximate surface area is 169 Å². The van der Waals surface area contributed by atoms with Crippen LogP contribution in [0.5, 0.6) is 0 Å². The number of benzene rings is 2. The van der Waals surface area contributed by atoms with Crippen molar-refractivity contribution in [1.82, 2.24) is 19.2 Å². The van der Waals surface area contributed by atoms with E-state index in [0.29, 0.717) is 23.0 Å². The predicted octanol–water partition coefficient (Wildman–Crippen LogP) is 3.50. The fraction of sp³-hybridized carbons (Fsp3) is 0. The van der Waals surface area contributed by atoms with Gasteiger partial charge >= 0.3 is 0 Å². The van der Waals surface area contributed by atoms with Gasteiger partial charge in [0.2, 0.25) is 11.6 Å². The van der Waals surface area contributed by atoms with Gasteiger partial charge in [-0.2, -0.15) is 9.67 Å². The van der Waals surface area contributed by atoms with E-state index < -0.39 is 5.56 Å². The summed E-state index contributed by atoms with van der Waals surface area (Å²) in [4.78, 5) is 16.6. The molecule has 0 unspecified atom stereocenters. The van der Waals surface area contributed by atoms with Crippen molar-refractivity contribution in [3.63, 3.8) is 0 Å². The van der Waals surface area contributed by atoms with Crippen molar-refractivity contribution in [3.05, 3.63) is 94.6 Å². The average Bonchev–Trinajstić information content (AvgIpc) is 3.42. The Morgan fingerprint density at radius 2 is 1.77 bits per heavy atom. The van der Waals surface area contributed by atoms with Crippen LogP contribution in [0.15, 0.2) is 88.3 Å². The molecule has 3 heterocycles. The van der Waals surface area contributed by atoms with Crippen LogP contribution < -0.4 is 10.8 Å². The van der Waals surface area contributed by atoms with Gasteiger partial charge in [0.1, 0.15) is 0 Å². The van der Waals surface area contributed by atoms with E-state index >= 15 is 0 Å². The molecule has 1 N–H and O–H groups in total. The first-order chi connectivity index (χ1) is 14.6. The van der Waals surface area contributed by atoms with Gasteiger partial charge in [-0.15, -0.1) is 5.10 Å². The van der Waals surface area contributed by atoms with Gasteiger partial charge in [-0.1, -0.05) is 30.3 Å². The number of furan rings is 1. The third kappa shape index (κ3) is 2.94. The highest BCUT2D eigenvalue weighted by Gasteiger charge is 2.20. The second-order valence-corrected chi connectivity index (χ2v) is 6.48. The van der Waals surface area contributed by atoms with Crippen LogP contribution in [0.3, 0.4) is 0 Å². The largest absolute Gasteiger partial charge is 0.733 e. The summed E-state index contributed by atoms with van der Waals surface area (Å²) in [6.07, 6.45) is 1.54. The van der Waals surface area contributed by atoms with Gasteiger partial charge < -0.3 is 14.9 Å². The lowest BCUT2D eigenvalue weighted by atomic mass is 10.1. The Balaban J connectivity index is 1.83. The van der Waals surface area contributed by atoms with Crippen LogP contribution in [0.4, 0.5) is 5.69 Å². The summed E-state index contributed by atoms with van der Waals surface area (Å²) in [6, 6.07) is 20.5. The Morgan fingerprint density at radius 1 is 1.00 bits per heavy atom. The molecule has 0 saturated heterocycles. The molecule has 9 nitrogen and oxygen atoms in total. The van der Waals surface area contributed by atoms with E-state index in [9.17, 15) is 10.0 Å². The number of hydrogen-bond donors (Lipinski definition) is 1. The van der Waals surface area contributed by atoms with E-state index in [1.807, 2.05) is 30.3 Å². The molecule has 0 saturated carbocycles. The molecule has 0 radical (unpaired) electrons. The van der Waals surface area contributed by atoms with Crippen LogP contribution in [-0.2, 0) is 0 Å². The van der Waals surface area contributed by atoms with E-state index in [1.165, 1.54) is 29.1 Å². The van der Waals surface area contributed by atoms with Gasteiger partial charge in [0.05, 0.1) is 23.3 Å². The quantitative estimate of drug-likeness (QED) is 0.460. The zero-order valence-electron chi connectivity index (χ0n) is 15.4. The lowest BCUT2D eigenvalue weighted by Crippen LogP contribution is -2.12. The first kappa shape index (κ1) is 17.9. The molecule has 0 spiro atoms. The highest BCUT2D eigenvalue weighted by molar-refractivity contribution is 5.67. The first-order valence-corrected chi connectivity index (χ1v) is 9.00. The number of hydrogen-bond acceptors (Lipinski definition) is 7. The van der Waals surface area contributed by atoms with Crippen LogP contribution in [0, 0.1) is 5.21 Å². The maximum Gasteiger partial charge on any atom is 0.275 e. The third-order valence-corrected chi connectivity index (χ3v) is 4.63. The summed E-state index contributed by atoms with van der Waals surface area (Å²) < 4.78 is 8.80. The molecule has 9 heteroatoms. The molecule has 148 valence electrons. The Kier molecular flexibility index (Phi) is 4.16. The van der Waals surface area contributed by atoms with E-state index in [1.54, 1.807) is 28.7 Å². The number of anilines is 1. The van der Waals surface area contributed by atoms with Crippen molar-refractivity contribution >= 4 is 11.5 Å². The summed E-state index contributed by atoms with van der Waals surface area (Å²) >= 11 is 0. The molecule has 0 aliphatic rings. The van der Waals surface area contributed by atoms with Gasteiger partial charge in [0, 0.05) is 6.07 Å². The summed E-state index contributed by atoms with van der Waals surface area (Å²) in [5.74, 6) is 1.24. The Hall–Kier alpha value is -4.21. The van der Waals surface area contributed by atoms with Crippen molar-refractivity contribution in [2.45, 2.75) is 0 Å². The molecular weight excluding hydrogens is 386 g/mol. The highest BCUT2D eigenvalue weighted by atomic mass is 16.8. The van der Waals surface area contributed by atoms with Crippen LogP contribution >= 0.6 is 0 Å². The molecule has 0 atom stereocenters. The van der Waals surface area contributed by atoms with Gasteiger partial charge in [0.15, 0.2) is 5.76 Å². The molecule has 0 fully saturated rings. The van der Waals surface area contributed by atoms with E-state index in [-0.39, 0.29) is 16.7 Å². The lowest BCUT2D eigenvalue weighted by Gasteiger charge is -2.21. The van der Waals surface area contributed by atoms with Crippen LogP contribution in [0.25, 0.3) is 34.3 Å². The van der Waals surface area contributed by atoms with E-state index in [4.69, 9.17) is 9.62 Å². The van der Waals surface area contributed by atoms with Crippen molar-refractivity contribution in [1.29, 1.82) is 0 Å². The Bertz CT molecular complexity index is 1370. The summed E-state index contributed by atoms with van der Waals surface area (Å²) in [6.45, 7) is 0. The van der Waals surface area contributed by atoms with Gasteiger partial charge in [-0.05, 0) is 42.0 Å². The predicted molar refractivity (Wildman–Crippen MR) is 109 cm³/mol. The lowest BCUT2D eigenvalue weighted by molar-refractivity contribution is 0.296. The second kappa shape index (κ2) is 6.99. The first-order valence-electron chi connectivity index (χ1n) is 9.00. The third-order valence-electron chi connectivity index (χ3n) is 4.63. The minimum absolute atomic E-state index is 0.0663. The van der Waals surface area contributed by atoms with Crippen LogP contribution in [0.2, 0.25) is 0 Å². The molecule has 0 amide bonds. The molecule has 3 aromatic heterocycles. The molecule has 5 aromatic rings. The number of fused-ring (bicyclic) bond motifs is 1. The number of nitrogens with zero attached hydrogens (tertiary/aromatic N) is 5. The summed E-state index contributed by atoms with van der Waals surface area (Å²) in [7, 11) is 0. The molecule has 5 rings (SSSR count). The topological polar surface area (TPSA) is 112 Å². The Morgan fingerprint density at radius 3 is 2.43 bits per heavy atom. The molecule has 0 aliphatic carbocycles. The zero-order chi connectivity index (χ0) is 20.7. The second-order valence-electron chi connectivity index (χ2n) is 6.48. The minimum atomic E-state index is -0.418. The van der Waals surface area contributed by atoms with Gasteiger partial charge in [-0.3, -0.25) is 14.4 Å². The molecule has 30 heavy (non-hydrogen) atoms. The van der Waals surface area contributed by atoms with Crippen molar-refractivity contribution < 1.29 is 9.62 Å². The number of aromatic nitrogens is 4. The maximum absolute atomic E-state index is 12.4. The fourth-order valence-electron chi connectivity index (χ4n) is 3.29. The molecular formula is C21H14N5O4-. The molecule has 0 bridgehead atoms. The zero-order valence-corrected chi connectivity index (χ0v) is 15.4. The SMILES string of the molecule is O=c1cc(-c2ccccc2)n2c(-c3ccco3)nn(-c3ccc(N([O-])O)cc3)c2n1. The fourth-order valence-corrected chi connectivity index (χ4v) is 3.29. The van der Waals surface area contributed by atoms with Gasteiger partial charge in [-0.25, -0.2) is 0 Å². The standard InChI is InChI=1S/C21H14N5O4/c27-19-13-17(14-5-2-1-3-6-14)24-20(18-7-4-12-30-18)23-25(21(24)22-19)15-8-10-16(11-9-15)26(28)29/h1-13,28H/q-1. The number of rotatable bonds is 4. The van der Waals surface area contributed by atoms with E-state index in [2.05, 4.69) is 10.1 Å². The highest BCUT2D eigenvalue weighted by Crippen LogP contribution is 2.27. The smallest absolute Gasteiger partial charge is 0.275 e. The maximum atomic E-state index is 12.4. The monoisotopic (exact) mass is 400 g/mol. The summed E-state index contributed by atoms with van der Waals surface area (Å²) in [5, 5.41) is 24.6. The van der Waals surface area contributed by atoms with Crippen LogP contribution in [0.1, 0.15) is 0 Å². The van der Waals surface area contributed by atoms with Crippen LogP contribution in [-0.4, -0.2) is 24.4 Å². The molecule has 0 aliphatic heterocycles. The van der Waals surface area contributed by atoms with E-state index in [0.717, 1.165) is 5.56 Å². The normalized spacial score (nSPS) is 11.1. The van der Waals surface area contributed by atoms with Gasteiger partial charge in [0.25, 0.3) is 5.56 Å². The average molecular weight is 400 g/mol.